The molecule has 3 aromatic carbocycles. The van der Waals surface area contributed by atoms with E-state index in [1.54, 1.807) is 21.3 Å². The molecule has 1 heterocycles. The molecule has 0 unspecified atom stereocenters. The maximum Gasteiger partial charge on any atom is 0.203 e. The van der Waals surface area contributed by atoms with Crippen LogP contribution in [0.15, 0.2) is 72.8 Å². The van der Waals surface area contributed by atoms with Gasteiger partial charge in [0.1, 0.15) is 0 Å². The number of methoxy groups -OCH3 is 3. The first-order chi connectivity index (χ1) is 14.7. The molecule has 5 nitrogen and oxygen atoms in total. The molecule has 0 radical (unpaired) electrons. The van der Waals surface area contributed by atoms with Crippen molar-refractivity contribution in [2.24, 2.45) is 0 Å². The predicted octanol–water partition coefficient (Wildman–Crippen LogP) is 4.24. The lowest BCUT2D eigenvalue weighted by molar-refractivity contribution is 0.233. The first-order valence-corrected chi connectivity index (χ1v) is 10.1. The number of rotatable bonds is 6. The molecule has 1 fully saturated rings. The SMILES string of the molecule is COc1cc([C@@H]2NCCC(c3ccccc3)(c3ccccc3)N2)cc(OC)c1OC. The van der Waals surface area contributed by atoms with Crippen molar-refractivity contribution in [2.75, 3.05) is 27.9 Å². The number of ether oxygens (including phenoxy) is 3. The van der Waals surface area contributed by atoms with Crippen molar-refractivity contribution >= 4 is 0 Å². The Kier molecular flexibility index (Phi) is 5.93. The molecule has 1 saturated heterocycles. The maximum absolute atomic E-state index is 5.57. The van der Waals surface area contributed by atoms with Gasteiger partial charge in [-0.1, -0.05) is 60.7 Å². The molecule has 4 rings (SSSR count). The van der Waals surface area contributed by atoms with Crippen LogP contribution in [0.4, 0.5) is 0 Å². The summed E-state index contributed by atoms with van der Waals surface area (Å²) in [6, 6.07) is 25.3. The summed E-state index contributed by atoms with van der Waals surface area (Å²) in [5.74, 6) is 1.88. The van der Waals surface area contributed by atoms with Gasteiger partial charge in [0.05, 0.1) is 33.0 Å². The molecule has 5 heteroatoms. The lowest BCUT2D eigenvalue weighted by Crippen LogP contribution is -2.55. The number of hydrogen-bond acceptors (Lipinski definition) is 5. The highest BCUT2D eigenvalue weighted by molar-refractivity contribution is 5.54. The van der Waals surface area contributed by atoms with Crippen LogP contribution in [0.25, 0.3) is 0 Å². The fourth-order valence-electron chi connectivity index (χ4n) is 4.31. The van der Waals surface area contributed by atoms with Crippen molar-refractivity contribution in [3.05, 3.63) is 89.5 Å². The van der Waals surface area contributed by atoms with Gasteiger partial charge in [-0.2, -0.15) is 0 Å². The van der Waals surface area contributed by atoms with E-state index in [-0.39, 0.29) is 11.7 Å². The van der Waals surface area contributed by atoms with E-state index in [1.165, 1.54) is 11.1 Å². The Labute approximate surface area is 178 Å². The molecule has 156 valence electrons. The topological polar surface area (TPSA) is 51.8 Å². The zero-order valence-electron chi connectivity index (χ0n) is 17.6. The van der Waals surface area contributed by atoms with Crippen molar-refractivity contribution in [3.8, 4) is 17.2 Å². The average Bonchev–Trinajstić information content (AvgIpc) is 2.84. The third-order valence-corrected chi connectivity index (χ3v) is 5.79. The summed E-state index contributed by atoms with van der Waals surface area (Å²) in [6.07, 6.45) is 0.843. The number of nitrogens with one attached hydrogen (secondary N) is 2. The molecular weight excluding hydrogens is 376 g/mol. The van der Waals surface area contributed by atoms with Crippen LogP contribution in [0.1, 0.15) is 29.3 Å². The first kappa shape index (κ1) is 20.3. The van der Waals surface area contributed by atoms with Crippen LogP contribution in [0, 0.1) is 0 Å². The summed E-state index contributed by atoms with van der Waals surface area (Å²) in [5.41, 5.74) is 3.21. The molecule has 0 aliphatic carbocycles. The Morgan fingerprint density at radius 2 is 1.30 bits per heavy atom. The second-order valence-electron chi connectivity index (χ2n) is 7.38. The summed E-state index contributed by atoms with van der Waals surface area (Å²) in [7, 11) is 4.90. The van der Waals surface area contributed by atoms with Gasteiger partial charge in [0, 0.05) is 0 Å². The van der Waals surface area contributed by atoms with Crippen LogP contribution < -0.4 is 24.8 Å². The van der Waals surface area contributed by atoms with Crippen molar-refractivity contribution in [1.82, 2.24) is 10.6 Å². The molecule has 1 aliphatic rings. The molecule has 0 saturated carbocycles. The van der Waals surface area contributed by atoms with E-state index in [0.717, 1.165) is 18.5 Å². The summed E-state index contributed by atoms with van der Waals surface area (Å²) in [6.45, 7) is 0.859. The summed E-state index contributed by atoms with van der Waals surface area (Å²) < 4.78 is 16.6. The second kappa shape index (κ2) is 8.78. The minimum atomic E-state index is -0.307. The fourth-order valence-corrected chi connectivity index (χ4v) is 4.31. The molecule has 0 aromatic heterocycles. The fraction of sp³-hybridized carbons (Fsp3) is 0.280. The Bertz CT molecular complexity index is 912. The average molecular weight is 405 g/mol. The Morgan fingerprint density at radius 3 is 1.77 bits per heavy atom. The molecule has 2 N–H and O–H groups in total. The van der Waals surface area contributed by atoms with Gasteiger partial charge in [0.2, 0.25) is 5.75 Å². The minimum Gasteiger partial charge on any atom is -0.493 e. The van der Waals surface area contributed by atoms with Gasteiger partial charge in [-0.05, 0) is 41.8 Å². The Morgan fingerprint density at radius 1 is 0.767 bits per heavy atom. The smallest absolute Gasteiger partial charge is 0.203 e. The summed E-state index contributed by atoms with van der Waals surface area (Å²) in [4.78, 5) is 0. The van der Waals surface area contributed by atoms with Gasteiger partial charge in [-0.25, -0.2) is 0 Å². The highest BCUT2D eigenvalue weighted by Crippen LogP contribution is 2.42. The molecule has 3 aromatic rings. The van der Waals surface area contributed by atoms with Crippen LogP contribution in [0.3, 0.4) is 0 Å². The van der Waals surface area contributed by atoms with Crippen molar-refractivity contribution in [2.45, 2.75) is 18.1 Å². The maximum atomic E-state index is 5.57. The van der Waals surface area contributed by atoms with E-state index in [4.69, 9.17) is 14.2 Å². The molecule has 0 amide bonds. The second-order valence-corrected chi connectivity index (χ2v) is 7.38. The zero-order valence-corrected chi connectivity index (χ0v) is 17.6. The van der Waals surface area contributed by atoms with Crippen LogP contribution >= 0.6 is 0 Å². The third kappa shape index (κ3) is 3.62. The number of benzene rings is 3. The van der Waals surface area contributed by atoms with E-state index in [1.807, 2.05) is 12.1 Å². The predicted molar refractivity (Wildman–Crippen MR) is 118 cm³/mol. The number of hydrogen-bond donors (Lipinski definition) is 2. The molecule has 30 heavy (non-hydrogen) atoms. The monoisotopic (exact) mass is 404 g/mol. The summed E-state index contributed by atoms with van der Waals surface area (Å²) in [5, 5.41) is 7.50. The van der Waals surface area contributed by atoms with E-state index in [2.05, 4.69) is 71.3 Å². The van der Waals surface area contributed by atoms with Crippen LogP contribution in [0.5, 0.6) is 17.2 Å². The Hall–Kier alpha value is -3.02. The van der Waals surface area contributed by atoms with Gasteiger partial charge in [-0.3, -0.25) is 10.6 Å². The van der Waals surface area contributed by atoms with Gasteiger partial charge in [0.15, 0.2) is 11.5 Å². The van der Waals surface area contributed by atoms with E-state index >= 15 is 0 Å². The van der Waals surface area contributed by atoms with E-state index in [9.17, 15) is 0 Å². The summed E-state index contributed by atoms with van der Waals surface area (Å²) >= 11 is 0. The quantitative estimate of drug-likeness (QED) is 0.644. The molecule has 1 atom stereocenters. The zero-order chi connectivity index (χ0) is 21.0. The van der Waals surface area contributed by atoms with Crippen LogP contribution in [0.2, 0.25) is 0 Å². The van der Waals surface area contributed by atoms with Crippen molar-refractivity contribution in [1.29, 1.82) is 0 Å². The lowest BCUT2D eigenvalue weighted by atomic mass is 9.78. The van der Waals surface area contributed by atoms with E-state index < -0.39 is 0 Å². The van der Waals surface area contributed by atoms with Gasteiger partial charge < -0.3 is 14.2 Å². The van der Waals surface area contributed by atoms with Crippen LogP contribution in [-0.4, -0.2) is 27.9 Å². The van der Waals surface area contributed by atoms with Gasteiger partial charge in [-0.15, -0.1) is 0 Å². The lowest BCUT2D eigenvalue weighted by Gasteiger charge is -2.44. The first-order valence-electron chi connectivity index (χ1n) is 10.1. The third-order valence-electron chi connectivity index (χ3n) is 5.79. The molecule has 0 spiro atoms. The molecular formula is C25H28N2O3. The van der Waals surface area contributed by atoms with Crippen molar-refractivity contribution < 1.29 is 14.2 Å². The molecule has 0 bridgehead atoms. The van der Waals surface area contributed by atoms with E-state index in [0.29, 0.717) is 17.2 Å². The largest absolute Gasteiger partial charge is 0.493 e. The van der Waals surface area contributed by atoms with Crippen molar-refractivity contribution in [3.63, 3.8) is 0 Å². The van der Waals surface area contributed by atoms with Gasteiger partial charge >= 0.3 is 0 Å². The minimum absolute atomic E-state index is 0.0899. The van der Waals surface area contributed by atoms with Gasteiger partial charge in [0.25, 0.3) is 0 Å². The Balaban J connectivity index is 1.79. The highest BCUT2D eigenvalue weighted by atomic mass is 16.5. The standard InChI is InChI=1S/C25H28N2O3/c1-28-21-16-18(17-22(29-2)23(21)30-3)24-26-15-14-25(27-24,19-10-6-4-7-11-19)20-12-8-5-9-13-20/h4-13,16-17,24,26-27H,14-15H2,1-3H3/t24-/m1/s1. The molecule has 1 aliphatic heterocycles. The highest BCUT2D eigenvalue weighted by Gasteiger charge is 2.39. The normalized spacial score (nSPS) is 17.9. The van der Waals surface area contributed by atoms with Crippen LogP contribution in [-0.2, 0) is 5.54 Å².